The van der Waals surface area contributed by atoms with Crippen LogP contribution in [0.2, 0.25) is 0 Å². The van der Waals surface area contributed by atoms with Gasteiger partial charge >= 0.3 is 6.03 Å². The van der Waals surface area contributed by atoms with Crippen LogP contribution in [0, 0.1) is 11.3 Å². The summed E-state index contributed by atoms with van der Waals surface area (Å²) >= 11 is 0. The summed E-state index contributed by atoms with van der Waals surface area (Å²) in [6.07, 6.45) is 1.54. The molecule has 1 N–H and O–H groups in total. The van der Waals surface area contributed by atoms with Gasteiger partial charge in [-0.1, -0.05) is 32.0 Å². The van der Waals surface area contributed by atoms with Gasteiger partial charge < -0.3 is 15.1 Å². The van der Waals surface area contributed by atoms with Crippen LogP contribution in [0.25, 0.3) is 0 Å². The number of amides is 3. The van der Waals surface area contributed by atoms with Gasteiger partial charge in [0.2, 0.25) is 5.91 Å². The highest BCUT2D eigenvalue weighted by atomic mass is 16.2. The van der Waals surface area contributed by atoms with E-state index in [0.717, 1.165) is 25.1 Å². The lowest BCUT2D eigenvalue weighted by molar-refractivity contribution is -0.138. The Labute approximate surface area is 137 Å². The molecule has 0 bridgehead atoms. The molecule has 1 aromatic rings. The quantitative estimate of drug-likeness (QED) is 0.871. The van der Waals surface area contributed by atoms with Crippen molar-refractivity contribution in [2.75, 3.05) is 31.1 Å². The topological polar surface area (TPSA) is 52.7 Å². The van der Waals surface area contributed by atoms with Gasteiger partial charge in [-0.2, -0.15) is 0 Å². The van der Waals surface area contributed by atoms with Crippen molar-refractivity contribution >= 4 is 17.6 Å². The summed E-state index contributed by atoms with van der Waals surface area (Å²) in [5.74, 6) is 0.661. The molecule has 2 saturated heterocycles. The number of hydrogen-bond acceptors (Lipinski definition) is 2. The average molecular weight is 315 g/mol. The number of anilines is 1. The van der Waals surface area contributed by atoms with E-state index in [9.17, 15) is 9.59 Å². The van der Waals surface area contributed by atoms with Crippen molar-refractivity contribution in [3.05, 3.63) is 30.3 Å². The summed E-state index contributed by atoms with van der Waals surface area (Å²) in [5.41, 5.74) is 0.727. The van der Waals surface area contributed by atoms with Crippen LogP contribution in [-0.4, -0.2) is 43.0 Å². The lowest BCUT2D eigenvalue weighted by atomic mass is 9.71. The van der Waals surface area contributed by atoms with Crippen molar-refractivity contribution in [3.8, 4) is 0 Å². The lowest BCUT2D eigenvalue weighted by Gasteiger charge is -2.52. The number of nitrogens with zero attached hydrogens (tertiary/aromatic N) is 2. The standard InChI is InChI=1S/C18H25N3O2/c1-14(2)12-19-17(23)20-10-8-18(9-11-20)13-21(16(18)22)15-6-4-3-5-7-15/h3-7,14H,8-13H2,1-2H3,(H,19,23). The highest BCUT2D eigenvalue weighted by Gasteiger charge is 2.53. The van der Waals surface area contributed by atoms with Crippen LogP contribution in [0.5, 0.6) is 0 Å². The van der Waals surface area contributed by atoms with Crippen molar-refractivity contribution in [2.24, 2.45) is 11.3 Å². The Morgan fingerprint density at radius 2 is 1.87 bits per heavy atom. The minimum atomic E-state index is -0.245. The number of urea groups is 1. The molecule has 0 atom stereocenters. The molecule has 2 heterocycles. The molecule has 0 unspecified atom stereocenters. The molecule has 5 heteroatoms. The van der Waals surface area contributed by atoms with Crippen LogP contribution in [0.15, 0.2) is 30.3 Å². The number of para-hydroxylation sites is 1. The molecule has 3 rings (SSSR count). The van der Waals surface area contributed by atoms with Gasteiger partial charge in [0.15, 0.2) is 0 Å². The number of β-lactam (4-membered cyclic amide) rings is 1. The fraction of sp³-hybridized carbons (Fsp3) is 0.556. The number of carbonyl (C=O) groups excluding carboxylic acids is 2. The predicted octanol–water partition coefficient (Wildman–Crippen LogP) is 2.48. The van der Waals surface area contributed by atoms with E-state index < -0.39 is 0 Å². The number of hydrogen-bond donors (Lipinski definition) is 1. The van der Waals surface area contributed by atoms with E-state index in [2.05, 4.69) is 19.2 Å². The molecular weight excluding hydrogens is 290 g/mol. The van der Waals surface area contributed by atoms with Crippen molar-refractivity contribution in [1.29, 1.82) is 0 Å². The molecule has 0 aliphatic carbocycles. The molecule has 1 spiro atoms. The fourth-order valence-corrected chi connectivity index (χ4v) is 3.37. The molecule has 2 aliphatic heterocycles. The second-order valence-electron chi connectivity index (χ2n) is 7.07. The summed E-state index contributed by atoms with van der Waals surface area (Å²) in [6.45, 7) is 6.96. The third-order valence-electron chi connectivity index (χ3n) is 4.90. The van der Waals surface area contributed by atoms with Gasteiger partial charge in [-0.15, -0.1) is 0 Å². The number of piperidine rings is 1. The first-order chi connectivity index (χ1) is 11.0. The lowest BCUT2D eigenvalue weighted by Crippen LogP contribution is -2.65. The Hall–Kier alpha value is -2.04. The number of likely N-dealkylation sites (tertiary alicyclic amines) is 1. The van der Waals surface area contributed by atoms with E-state index in [1.165, 1.54) is 0 Å². The molecule has 5 nitrogen and oxygen atoms in total. The molecule has 1 aromatic carbocycles. The Morgan fingerprint density at radius 1 is 1.22 bits per heavy atom. The highest BCUT2D eigenvalue weighted by molar-refractivity contribution is 6.04. The van der Waals surface area contributed by atoms with Gasteiger partial charge in [-0.05, 0) is 30.9 Å². The Kier molecular flexibility index (Phi) is 4.28. The van der Waals surface area contributed by atoms with E-state index in [1.807, 2.05) is 40.1 Å². The number of carbonyl (C=O) groups is 2. The SMILES string of the molecule is CC(C)CNC(=O)N1CCC2(CC1)CN(c1ccccc1)C2=O. The first kappa shape index (κ1) is 15.8. The minimum Gasteiger partial charge on any atom is -0.338 e. The Bertz CT molecular complexity index is 577. The fourth-order valence-electron chi connectivity index (χ4n) is 3.37. The van der Waals surface area contributed by atoms with E-state index in [1.54, 1.807) is 0 Å². The van der Waals surface area contributed by atoms with Gasteiger partial charge in [-0.25, -0.2) is 4.79 Å². The molecule has 3 amide bonds. The van der Waals surface area contributed by atoms with Crippen LogP contribution in [0.3, 0.4) is 0 Å². The van der Waals surface area contributed by atoms with Gasteiger partial charge in [0.25, 0.3) is 0 Å². The molecular formula is C18H25N3O2. The molecule has 2 aliphatic rings. The van der Waals surface area contributed by atoms with Crippen molar-refractivity contribution < 1.29 is 9.59 Å². The van der Waals surface area contributed by atoms with Gasteiger partial charge in [-0.3, -0.25) is 4.79 Å². The van der Waals surface area contributed by atoms with Crippen LogP contribution in [-0.2, 0) is 4.79 Å². The average Bonchev–Trinajstić information content (AvgIpc) is 2.58. The van der Waals surface area contributed by atoms with Crippen LogP contribution >= 0.6 is 0 Å². The molecule has 2 fully saturated rings. The van der Waals surface area contributed by atoms with Crippen molar-refractivity contribution in [1.82, 2.24) is 10.2 Å². The summed E-state index contributed by atoms with van der Waals surface area (Å²) in [5, 5.41) is 2.95. The van der Waals surface area contributed by atoms with E-state index in [4.69, 9.17) is 0 Å². The van der Waals surface area contributed by atoms with Crippen LogP contribution < -0.4 is 10.2 Å². The Morgan fingerprint density at radius 3 is 2.43 bits per heavy atom. The first-order valence-electron chi connectivity index (χ1n) is 8.42. The predicted molar refractivity (Wildman–Crippen MR) is 90.3 cm³/mol. The molecule has 23 heavy (non-hydrogen) atoms. The zero-order valence-electron chi connectivity index (χ0n) is 13.9. The second kappa shape index (κ2) is 6.22. The maximum Gasteiger partial charge on any atom is 0.317 e. The zero-order valence-corrected chi connectivity index (χ0v) is 13.9. The maximum atomic E-state index is 12.6. The van der Waals surface area contributed by atoms with E-state index in [0.29, 0.717) is 25.6 Å². The summed E-state index contributed by atoms with van der Waals surface area (Å²) < 4.78 is 0. The van der Waals surface area contributed by atoms with E-state index in [-0.39, 0.29) is 17.4 Å². The molecule has 124 valence electrons. The van der Waals surface area contributed by atoms with E-state index >= 15 is 0 Å². The van der Waals surface area contributed by atoms with Crippen LogP contribution in [0.1, 0.15) is 26.7 Å². The third-order valence-corrected chi connectivity index (χ3v) is 4.90. The second-order valence-corrected chi connectivity index (χ2v) is 7.07. The van der Waals surface area contributed by atoms with Gasteiger partial charge in [0.1, 0.15) is 0 Å². The summed E-state index contributed by atoms with van der Waals surface area (Å²) in [4.78, 5) is 28.4. The molecule has 0 radical (unpaired) electrons. The number of nitrogens with one attached hydrogen (secondary N) is 1. The third kappa shape index (κ3) is 3.05. The highest BCUT2D eigenvalue weighted by Crippen LogP contribution is 2.43. The van der Waals surface area contributed by atoms with Gasteiger partial charge in [0.05, 0.1) is 5.41 Å². The zero-order chi connectivity index (χ0) is 16.4. The minimum absolute atomic E-state index is 0.000220. The normalized spacial score (nSPS) is 19.9. The first-order valence-corrected chi connectivity index (χ1v) is 8.42. The summed E-state index contributed by atoms with van der Waals surface area (Å²) in [7, 11) is 0. The monoisotopic (exact) mass is 315 g/mol. The molecule has 0 saturated carbocycles. The van der Waals surface area contributed by atoms with Crippen molar-refractivity contribution in [3.63, 3.8) is 0 Å². The number of rotatable bonds is 3. The largest absolute Gasteiger partial charge is 0.338 e. The van der Waals surface area contributed by atoms with Crippen LogP contribution in [0.4, 0.5) is 10.5 Å². The Balaban J connectivity index is 1.54. The molecule has 0 aromatic heterocycles. The van der Waals surface area contributed by atoms with Gasteiger partial charge in [0, 0.05) is 31.9 Å². The maximum absolute atomic E-state index is 12.6. The van der Waals surface area contributed by atoms with Crippen molar-refractivity contribution in [2.45, 2.75) is 26.7 Å². The smallest absolute Gasteiger partial charge is 0.317 e. The summed E-state index contributed by atoms with van der Waals surface area (Å²) in [6, 6.07) is 9.81. The number of benzene rings is 1.